The van der Waals surface area contributed by atoms with E-state index < -0.39 is 38.3 Å². The number of carbonyl (C=O) groups excluding carboxylic acids is 1. The predicted molar refractivity (Wildman–Crippen MR) is 131 cm³/mol. The molecule has 3 heterocycles. The van der Waals surface area contributed by atoms with Crippen molar-refractivity contribution >= 4 is 37.3 Å². The second kappa shape index (κ2) is 10.9. The third-order valence-electron chi connectivity index (χ3n) is 5.94. The molecule has 0 radical (unpaired) electrons. The molecule has 2 aliphatic heterocycles. The Kier molecular flexibility index (Phi) is 8.10. The highest BCUT2D eigenvalue weighted by Crippen LogP contribution is 2.34. The molecular weight excluding hydrogens is 528 g/mol. The first-order valence-electron chi connectivity index (χ1n) is 11.2. The van der Waals surface area contributed by atoms with Crippen LogP contribution in [0.15, 0.2) is 40.6 Å². The Labute approximate surface area is 214 Å². The van der Waals surface area contributed by atoms with Crippen LogP contribution in [0.5, 0.6) is 0 Å². The standard InChI is InChI=1S/C22H26N4O7S3/c1-35(28,29)25-11-12-26(18(15-25)22(27)24-33-20-4-2-3-13-32-20)36(30,31)21-10-9-19(34-21)17-7-5-16(14-23)6-8-17/h5-10,18,20H,2-4,11-13,15H2,1H3,(H,24,27)/t18-,20?/m1/s1. The van der Waals surface area contributed by atoms with Crippen LogP contribution in [0, 0.1) is 11.3 Å². The lowest BCUT2D eigenvalue weighted by molar-refractivity contribution is -0.202. The van der Waals surface area contributed by atoms with Crippen molar-refractivity contribution < 1.29 is 31.2 Å². The van der Waals surface area contributed by atoms with Gasteiger partial charge in [-0.25, -0.2) is 27.2 Å². The molecule has 194 valence electrons. The third kappa shape index (κ3) is 5.94. The number of hydroxylamine groups is 1. The monoisotopic (exact) mass is 554 g/mol. The van der Waals surface area contributed by atoms with E-state index in [4.69, 9.17) is 14.8 Å². The zero-order chi connectivity index (χ0) is 25.9. The number of nitrogens with zero attached hydrogens (tertiary/aromatic N) is 3. The molecule has 2 aromatic rings. The van der Waals surface area contributed by atoms with Crippen LogP contribution in [-0.2, 0) is 34.4 Å². The molecule has 0 saturated carbocycles. The molecule has 2 aliphatic rings. The van der Waals surface area contributed by atoms with Crippen LogP contribution in [-0.4, -0.2) is 76.2 Å². The van der Waals surface area contributed by atoms with Crippen molar-refractivity contribution in [3.8, 4) is 16.5 Å². The molecule has 0 spiro atoms. The van der Waals surface area contributed by atoms with Gasteiger partial charge in [0.1, 0.15) is 10.3 Å². The lowest BCUT2D eigenvalue weighted by Crippen LogP contribution is -2.61. The fourth-order valence-electron chi connectivity index (χ4n) is 3.98. The van der Waals surface area contributed by atoms with Crippen molar-refractivity contribution in [2.24, 2.45) is 0 Å². The number of nitriles is 1. The highest BCUT2D eigenvalue weighted by atomic mass is 32.2. The van der Waals surface area contributed by atoms with E-state index in [2.05, 4.69) is 5.48 Å². The van der Waals surface area contributed by atoms with Gasteiger partial charge in [0, 0.05) is 37.5 Å². The highest BCUT2D eigenvalue weighted by Gasteiger charge is 2.43. The van der Waals surface area contributed by atoms with E-state index in [1.54, 1.807) is 30.3 Å². The zero-order valence-corrected chi connectivity index (χ0v) is 21.9. The van der Waals surface area contributed by atoms with Crippen LogP contribution in [0.25, 0.3) is 10.4 Å². The number of hydrogen-bond acceptors (Lipinski definition) is 9. The largest absolute Gasteiger partial charge is 0.350 e. The number of sulfonamides is 2. The number of nitrogens with one attached hydrogen (secondary N) is 1. The molecule has 11 nitrogen and oxygen atoms in total. The van der Waals surface area contributed by atoms with Crippen molar-refractivity contribution in [3.63, 3.8) is 0 Å². The lowest BCUT2D eigenvalue weighted by atomic mass is 10.1. The van der Waals surface area contributed by atoms with Crippen molar-refractivity contribution in [1.82, 2.24) is 14.1 Å². The van der Waals surface area contributed by atoms with Crippen LogP contribution < -0.4 is 5.48 Å². The predicted octanol–water partition coefficient (Wildman–Crippen LogP) is 1.50. The maximum atomic E-state index is 13.6. The molecule has 1 unspecified atom stereocenters. The number of hydrogen-bond donors (Lipinski definition) is 1. The van der Waals surface area contributed by atoms with Crippen molar-refractivity contribution in [2.75, 3.05) is 32.5 Å². The van der Waals surface area contributed by atoms with Crippen LogP contribution in [0.2, 0.25) is 0 Å². The van der Waals surface area contributed by atoms with Gasteiger partial charge in [-0.15, -0.1) is 11.3 Å². The van der Waals surface area contributed by atoms with Gasteiger partial charge in [-0.05, 0) is 42.7 Å². The normalized spacial score (nSPS) is 22.1. The Morgan fingerprint density at radius 2 is 1.89 bits per heavy atom. The third-order valence-corrected chi connectivity index (χ3v) is 10.7. The molecule has 36 heavy (non-hydrogen) atoms. The molecule has 2 fully saturated rings. The van der Waals surface area contributed by atoms with Gasteiger partial charge in [-0.1, -0.05) is 12.1 Å². The first-order chi connectivity index (χ1) is 17.1. The molecule has 0 bridgehead atoms. The number of carbonyl (C=O) groups is 1. The van der Waals surface area contributed by atoms with E-state index in [0.717, 1.165) is 44.6 Å². The van der Waals surface area contributed by atoms with Crippen LogP contribution in [0.4, 0.5) is 0 Å². The van der Waals surface area contributed by atoms with E-state index in [0.29, 0.717) is 23.5 Å². The lowest BCUT2D eigenvalue weighted by Gasteiger charge is -2.38. The Hall–Kier alpha value is -2.38. The van der Waals surface area contributed by atoms with E-state index in [1.807, 2.05) is 6.07 Å². The summed E-state index contributed by atoms with van der Waals surface area (Å²) >= 11 is 1.03. The summed E-state index contributed by atoms with van der Waals surface area (Å²) in [6.07, 6.45) is 2.70. The minimum atomic E-state index is -4.14. The second-order valence-corrected chi connectivity index (χ2v) is 13.6. The average molecular weight is 555 g/mol. The Morgan fingerprint density at radius 1 is 1.14 bits per heavy atom. The maximum absolute atomic E-state index is 13.6. The van der Waals surface area contributed by atoms with Crippen molar-refractivity contribution in [1.29, 1.82) is 5.26 Å². The summed E-state index contributed by atoms with van der Waals surface area (Å²) in [5, 5.41) is 8.98. The molecule has 2 saturated heterocycles. The summed E-state index contributed by atoms with van der Waals surface area (Å²) in [5.74, 6) is -0.773. The van der Waals surface area contributed by atoms with E-state index >= 15 is 0 Å². The van der Waals surface area contributed by atoms with Gasteiger partial charge in [-0.3, -0.25) is 4.79 Å². The zero-order valence-electron chi connectivity index (χ0n) is 19.5. The summed E-state index contributed by atoms with van der Waals surface area (Å²) in [6.45, 7) is -0.126. The number of rotatable bonds is 7. The van der Waals surface area contributed by atoms with Crippen molar-refractivity contribution in [2.45, 2.75) is 35.8 Å². The van der Waals surface area contributed by atoms with Gasteiger partial charge < -0.3 is 4.74 Å². The second-order valence-electron chi connectivity index (χ2n) is 8.44. The SMILES string of the molecule is CS(=O)(=O)N1CCN(S(=O)(=O)c2ccc(-c3ccc(C#N)cc3)s2)[C@@H](C(=O)NOC2CCCCO2)C1. The summed E-state index contributed by atoms with van der Waals surface area (Å²) in [6, 6.07) is 10.6. The number of piperazine rings is 1. The van der Waals surface area contributed by atoms with Gasteiger partial charge >= 0.3 is 0 Å². The summed E-state index contributed by atoms with van der Waals surface area (Å²) in [5.41, 5.74) is 3.51. The highest BCUT2D eigenvalue weighted by molar-refractivity contribution is 7.91. The number of thiophene rings is 1. The summed E-state index contributed by atoms with van der Waals surface area (Å²) in [7, 11) is -7.79. The van der Waals surface area contributed by atoms with Crippen molar-refractivity contribution in [3.05, 3.63) is 42.0 Å². The van der Waals surface area contributed by atoms with Gasteiger partial charge in [0.15, 0.2) is 6.29 Å². The molecule has 1 aromatic heterocycles. The van der Waals surface area contributed by atoms with Gasteiger partial charge in [-0.2, -0.15) is 13.9 Å². The van der Waals surface area contributed by atoms with Crippen LogP contribution in [0.3, 0.4) is 0 Å². The van der Waals surface area contributed by atoms with E-state index in [9.17, 15) is 21.6 Å². The van der Waals surface area contributed by atoms with E-state index in [1.165, 1.54) is 6.07 Å². The Bertz CT molecular complexity index is 1340. The number of benzene rings is 1. The molecule has 1 amide bonds. The maximum Gasteiger partial charge on any atom is 0.263 e. The molecular formula is C22H26N4O7S3. The minimum absolute atomic E-state index is 0.0176. The van der Waals surface area contributed by atoms with Crippen LogP contribution in [0.1, 0.15) is 24.8 Å². The molecule has 14 heteroatoms. The smallest absolute Gasteiger partial charge is 0.263 e. The topological polar surface area (TPSA) is 146 Å². The fraction of sp³-hybridized carbons (Fsp3) is 0.455. The van der Waals surface area contributed by atoms with Gasteiger partial charge in [0.2, 0.25) is 10.0 Å². The van der Waals surface area contributed by atoms with Crippen LogP contribution >= 0.6 is 11.3 Å². The number of amides is 1. The van der Waals surface area contributed by atoms with Gasteiger partial charge in [0.05, 0.1) is 17.9 Å². The first kappa shape index (κ1) is 26.7. The molecule has 4 rings (SSSR count). The molecule has 1 N–H and O–H groups in total. The van der Waals surface area contributed by atoms with Gasteiger partial charge in [0.25, 0.3) is 15.9 Å². The number of ether oxygens (including phenoxy) is 1. The minimum Gasteiger partial charge on any atom is -0.350 e. The molecule has 1 aromatic carbocycles. The summed E-state index contributed by atoms with van der Waals surface area (Å²) < 4.78 is 59.0. The first-order valence-corrected chi connectivity index (χ1v) is 15.3. The Morgan fingerprint density at radius 3 is 2.53 bits per heavy atom. The molecule has 0 aliphatic carbocycles. The summed E-state index contributed by atoms with van der Waals surface area (Å²) in [4.78, 5) is 19.1. The molecule has 2 atom stereocenters. The Balaban J connectivity index is 1.57. The average Bonchev–Trinajstić information content (AvgIpc) is 3.38. The van der Waals surface area contributed by atoms with E-state index in [-0.39, 0.29) is 23.8 Å². The quantitative estimate of drug-likeness (QED) is 0.507. The fourth-order valence-corrected chi connectivity index (χ4v) is 7.81.